The van der Waals surface area contributed by atoms with Crippen molar-refractivity contribution < 1.29 is 4.79 Å². The van der Waals surface area contributed by atoms with E-state index in [2.05, 4.69) is 22.0 Å². The van der Waals surface area contributed by atoms with E-state index in [4.69, 9.17) is 0 Å². The highest BCUT2D eigenvalue weighted by atomic mass is 32.2. The number of rotatable bonds is 7. The van der Waals surface area contributed by atoms with Crippen molar-refractivity contribution in [2.75, 3.05) is 11.1 Å². The quantitative estimate of drug-likeness (QED) is 0.267. The number of nitrogens with zero attached hydrogens (tertiary/aromatic N) is 5. The molecule has 0 fully saturated rings. The smallest absolute Gasteiger partial charge is 0.262 e. The Balaban J connectivity index is 1.58. The minimum atomic E-state index is -0.350. The number of anilines is 1. The van der Waals surface area contributed by atoms with E-state index in [1.165, 1.54) is 15.4 Å². The number of thioether (sulfide) groups is 1. The maximum Gasteiger partial charge on any atom is 0.262 e. The molecule has 0 bridgehead atoms. The minimum absolute atomic E-state index is 0.00718. The zero-order chi connectivity index (χ0) is 22.5. The van der Waals surface area contributed by atoms with Crippen LogP contribution >= 0.6 is 11.8 Å². The molecule has 1 amide bonds. The van der Waals surface area contributed by atoms with Crippen molar-refractivity contribution in [2.24, 2.45) is 0 Å². The number of hydrogen-bond acceptors (Lipinski definition) is 6. The molecular formula is C23H18N6O2S. The predicted octanol–water partition coefficient (Wildman–Crippen LogP) is 3.37. The summed E-state index contributed by atoms with van der Waals surface area (Å²) in [5, 5.41) is 17.3. The van der Waals surface area contributed by atoms with Gasteiger partial charge < -0.3 is 5.32 Å². The highest BCUT2D eigenvalue weighted by molar-refractivity contribution is 7.99. The van der Waals surface area contributed by atoms with Crippen LogP contribution in [0.15, 0.2) is 83.4 Å². The van der Waals surface area contributed by atoms with E-state index < -0.39 is 0 Å². The van der Waals surface area contributed by atoms with Gasteiger partial charge in [0.25, 0.3) is 5.56 Å². The summed E-state index contributed by atoms with van der Waals surface area (Å²) in [6, 6.07) is 18.3. The number of aromatic nitrogens is 4. The fourth-order valence-electron chi connectivity index (χ4n) is 3.16. The molecule has 8 nitrogen and oxygen atoms in total. The van der Waals surface area contributed by atoms with Crippen molar-refractivity contribution in [3.8, 4) is 11.8 Å². The van der Waals surface area contributed by atoms with Gasteiger partial charge >= 0.3 is 0 Å². The Labute approximate surface area is 187 Å². The third kappa shape index (κ3) is 4.17. The first kappa shape index (κ1) is 21.1. The molecule has 0 radical (unpaired) electrons. The Morgan fingerprint density at radius 3 is 2.69 bits per heavy atom. The van der Waals surface area contributed by atoms with Gasteiger partial charge in [0.2, 0.25) is 5.91 Å². The number of fused-ring (bicyclic) bond motifs is 1. The van der Waals surface area contributed by atoms with Crippen molar-refractivity contribution in [2.45, 2.75) is 11.7 Å². The van der Waals surface area contributed by atoms with E-state index in [0.717, 1.165) is 11.8 Å². The Morgan fingerprint density at radius 2 is 1.94 bits per heavy atom. The second kappa shape index (κ2) is 9.32. The Hall–Kier alpha value is -4.16. The van der Waals surface area contributed by atoms with E-state index in [9.17, 15) is 14.9 Å². The van der Waals surface area contributed by atoms with Crippen LogP contribution in [0.5, 0.6) is 0 Å². The first-order chi connectivity index (χ1) is 15.6. The molecule has 32 heavy (non-hydrogen) atoms. The number of para-hydroxylation sites is 2. The van der Waals surface area contributed by atoms with Crippen LogP contribution < -0.4 is 10.9 Å². The van der Waals surface area contributed by atoms with E-state index in [0.29, 0.717) is 27.6 Å². The van der Waals surface area contributed by atoms with Gasteiger partial charge in [-0.3, -0.25) is 14.2 Å². The molecule has 1 N–H and O–H groups in total. The first-order valence-corrected chi connectivity index (χ1v) is 10.7. The fraction of sp³-hybridized carbons (Fsp3) is 0.0870. The fourth-order valence-corrected chi connectivity index (χ4v) is 3.97. The Bertz CT molecular complexity index is 1400. The SMILES string of the molecule is C=CCn1c(SCC(=O)Nc2c(C#N)cnn2-c2ccccc2)nc2ccccc2c1=O. The number of carbonyl (C=O) groups excluding carboxylic acids is 1. The first-order valence-electron chi connectivity index (χ1n) is 9.69. The number of carbonyl (C=O) groups is 1. The minimum Gasteiger partial charge on any atom is -0.309 e. The topological polar surface area (TPSA) is 106 Å². The molecule has 0 atom stereocenters. The zero-order valence-corrected chi connectivity index (χ0v) is 17.7. The molecule has 2 aromatic carbocycles. The average molecular weight is 443 g/mol. The number of benzene rings is 2. The summed E-state index contributed by atoms with van der Waals surface area (Å²) >= 11 is 1.14. The lowest BCUT2D eigenvalue weighted by molar-refractivity contribution is -0.113. The van der Waals surface area contributed by atoms with Gasteiger partial charge in [0, 0.05) is 6.54 Å². The largest absolute Gasteiger partial charge is 0.309 e. The molecule has 4 rings (SSSR count). The van der Waals surface area contributed by atoms with Gasteiger partial charge in [-0.1, -0.05) is 48.2 Å². The molecule has 9 heteroatoms. The van der Waals surface area contributed by atoms with Gasteiger partial charge in [-0.15, -0.1) is 6.58 Å². The van der Waals surface area contributed by atoms with Crippen LogP contribution in [-0.4, -0.2) is 31.0 Å². The molecule has 158 valence electrons. The monoisotopic (exact) mass is 442 g/mol. The highest BCUT2D eigenvalue weighted by Crippen LogP contribution is 2.22. The summed E-state index contributed by atoms with van der Waals surface area (Å²) in [4.78, 5) is 30.1. The lowest BCUT2D eigenvalue weighted by Crippen LogP contribution is -2.24. The summed E-state index contributed by atoms with van der Waals surface area (Å²) in [5.41, 5.74) is 1.34. The van der Waals surface area contributed by atoms with Crippen LogP contribution in [0.2, 0.25) is 0 Å². The van der Waals surface area contributed by atoms with Gasteiger partial charge in [0.05, 0.1) is 28.5 Å². The standard InChI is InChI=1S/C23H18N6O2S/c1-2-12-28-22(31)18-10-6-7-11-19(18)26-23(28)32-15-20(30)27-21-16(13-24)14-25-29(21)17-8-4-3-5-9-17/h2-11,14H,1,12,15H2,(H,27,30). The maximum atomic E-state index is 12.8. The van der Waals surface area contributed by atoms with Gasteiger partial charge in [-0.25, -0.2) is 9.67 Å². The Kier molecular flexibility index (Phi) is 6.14. The molecule has 0 aliphatic carbocycles. The van der Waals surface area contributed by atoms with Gasteiger partial charge in [0.1, 0.15) is 11.6 Å². The number of nitriles is 1. The van der Waals surface area contributed by atoms with Crippen LogP contribution in [0.25, 0.3) is 16.6 Å². The van der Waals surface area contributed by atoms with Gasteiger partial charge in [-0.05, 0) is 24.3 Å². The number of allylic oxidation sites excluding steroid dienone is 1. The number of nitrogens with one attached hydrogen (secondary N) is 1. The lowest BCUT2D eigenvalue weighted by Gasteiger charge is -2.12. The predicted molar refractivity (Wildman–Crippen MR) is 124 cm³/mol. The normalized spacial score (nSPS) is 10.6. The molecule has 0 unspecified atom stereocenters. The third-order valence-electron chi connectivity index (χ3n) is 4.62. The van der Waals surface area contributed by atoms with Gasteiger partial charge in [0.15, 0.2) is 11.0 Å². The molecule has 0 spiro atoms. The van der Waals surface area contributed by atoms with E-state index in [1.807, 2.05) is 42.5 Å². The zero-order valence-electron chi connectivity index (χ0n) is 16.9. The average Bonchev–Trinajstić information content (AvgIpc) is 3.23. The maximum absolute atomic E-state index is 12.8. The van der Waals surface area contributed by atoms with Crippen molar-refractivity contribution in [3.63, 3.8) is 0 Å². The summed E-state index contributed by atoms with van der Waals surface area (Å²) < 4.78 is 2.99. The van der Waals surface area contributed by atoms with Crippen LogP contribution in [0.3, 0.4) is 0 Å². The van der Waals surface area contributed by atoms with Gasteiger partial charge in [-0.2, -0.15) is 10.4 Å². The highest BCUT2D eigenvalue weighted by Gasteiger charge is 2.17. The van der Waals surface area contributed by atoms with E-state index >= 15 is 0 Å². The van der Waals surface area contributed by atoms with Crippen LogP contribution in [0.4, 0.5) is 5.82 Å². The summed E-state index contributed by atoms with van der Waals surface area (Å²) in [6.07, 6.45) is 3.02. The molecule has 2 heterocycles. The summed E-state index contributed by atoms with van der Waals surface area (Å²) in [7, 11) is 0. The van der Waals surface area contributed by atoms with Crippen molar-refractivity contribution in [1.82, 2.24) is 19.3 Å². The van der Waals surface area contributed by atoms with E-state index in [-0.39, 0.29) is 29.3 Å². The molecule has 4 aromatic rings. The molecule has 0 aliphatic rings. The van der Waals surface area contributed by atoms with E-state index in [1.54, 1.807) is 24.3 Å². The summed E-state index contributed by atoms with van der Waals surface area (Å²) in [6.45, 7) is 3.98. The molecule has 0 aliphatic heterocycles. The molecule has 0 saturated heterocycles. The van der Waals surface area contributed by atoms with Crippen LogP contribution in [0, 0.1) is 11.3 Å². The second-order valence-corrected chi connectivity index (χ2v) is 7.66. The van der Waals surface area contributed by atoms with Crippen LogP contribution in [0.1, 0.15) is 5.56 Å². The molecule has 2 aromatic heterocycles. The molecule has 0 saturated carbocycles. The van der Waals surface area contributed by atoms with Crippen molar-refractivity contribution in [3.05, 3.63) is 89.4 Å². The number of hydrogen-bond donors (Lipinski definition) is 1. The van der Waals surface area contributed by atoms with Crippen LogP contribution in [-0.2, 0) is 11.3 Å². The third-order valence-corrected chi connectivity index (χ3v) is 5.60. The number of amides is 1. The van der Waals surface area contributed by atoms with Crippen molar-refractivity contribution >= 4 is 34.4 Å². The summed E-state index contributed by atoms with van der Waals surface area (Å²) in [5.74, 6) is -0.0664. The van der Waals surface area contributed by atoms with Crippen molar-refractivity contribution in [1.29, 1.82) is 5.26 Å². The lowest BCUT2D eigenvalue weighted by atomic mass is 10.2. The molecular weight excluding hydrogens is 424 g/mol. The second-order valence-electron chi connectivity index (χ2n) is 6.72. The Morgan fingerprint density at radius 1 is 1.19 bits per heavy atom.